The molecule has 0 radical (unpaired) electrons. The van der Waals surface area contributed by atoms with Gasteiger partial charge < -0.3 is 10.2 Å². The van der Waals surface area contributed by atoms with Crippen LogP contribution in [-0.4, -0.2) is 40.6 Å². The van der Waals surface area contributed by atoms with E-state index in [1.807, 2.05) is 28.8 Å². The molecule has 23 heavy (non-hydrogen) atoms. The Morgan fingerprint density at radius 3 is 2.61 bits per heavy atom. The average molecular weight is 332 g/mol. The van der Waals surface area contributed by atoms with Crippen molar-refractivity contribution in [3.8, 4) is 0 Å². The Hall–Kier alpha value is -1.49. The van der Waals surface area contributed by atoms with Crippen LogP contribution < -0.4 is 5.32 Å². The maximum absolute atomic E-state index is 12.2. The molecule has 1 atom stereocenters. The molecule has 5 heteroatoms. The smallest absolute Gasteiger partial charge is 0.225 e. The first kappa shape index (κ1) is 16.4. The third-order valence-electron chi connectivity index (χ3n) is 4.17. The highest BCUT2D eigenvalue weighted by Gasteiger charge is 2.39. The van der Waals surface area contributed by atoms with Gasteiger partial charge in [-0.3, -0.25) is 9.59 Å². The average Bonchev–Trinajstić information content (AvgIpc) is 3.25. The van der Waals surface area contributed by atoms with Crippen molar-refractivity contribution >= 4 is 23.6 Å². The number of amides is 2. The van der Waals surface area contributed by atoms with Gasteiger partial charge in [0.1, 0.15) is 0 Å². The Kier molecular flexibility index (Phi) is 4.95. The van der Waals surface area contributed by atoms with E-state index in [4.69, 9.17) is 0 Å². The van der Waals surface area contributed by atoms with E-state index >= 15 is 0 Å². The summed E-state index contributed by atoms with van der Waals surface area (Å²) in [4.78, 5) is 27.2. The normalized spacial score (nSPS) is 21.1. The fourth-order valence-electron chi connectivity index (χ4n) is 2.99. The van der Waals surface area contributed by atoms with E-state index < -0.39 is 0 Å². The Labute approximate surface area is 142 Å². The van der Waals surface area contributed by atoms with Crippen LogP contribution in [0.15, 0.2) is 29.2 Å². The van der Waals surface area contributed by atoms with E-state index in [2.05, 4.69) is 31.3 Å². The highest BCUT2D eigenvalue weighted by atomic mass is 32.2. The number of hydrogen-bond acceptors (Lipinski definition) is 3. The summed E-state index contributed by atoms with van der Waals surface area (Å²) in [5.41, 5.74) is 1.01. The van der Waals surface area contributed by atoms with Gasteiger partial charge in [0.05, 0.1) is 12.5 Å². The number of carbonyl (C=O) groups is 2. The molecular weight excluding hydrogens is 308 g/mol. The van der Waals surface area contributed by atoms with Crippen LogP contribution in [0.25, 0.3) is 0 Å². The molecule has 0 bridgehead atoms. The molecule has 3 rings (SSSR count). The third-order valence-corrected chi connectivity index (χ3v) is 5.19. The van der Waals surface area contributed by atoms with Crippen LogP contribution in [0.2, 0.25) is 0 Å². The van der Waals surface area contributed by atoms with Gasteiger partial charge in [-0.15, -0.1) is 11.8 Å². The van der Waals surface area contributed by atoms with E-state index in [9.17, 15) is 9.59 Å². The second kappa shape index (κ2) is 6.95. The number of benzene rings is 1. The van der Waals surface area contributed by atoms with E-state index in [1.165, 1.54) is 4.90 Å². The minimum atomic E-state index is -0.0219. The van der Waals surface area contributed by atoms with Gasteiger partial charge in [0.25, 0.3) is 0 Å². The quantitative estimate of drug-likeness (QED) is 0.815. The first-order chi connectivity index (χ1) is 11.0. The number of hydrogen-bond donors (Lipinski definition) is 1. The zero-order chi connectivity index (χ0) is 16.4. The summed E-state index contributed by atoms with van der Waals surface area (Å²) in [5, 5.41) is 3.56. The predicted octanol–water partition coefficient (Wildman–Crippen LogP) is 2.61. The van der Waals surface area contributed by atoms with E-state index in [1.54, 1.807) is 0 Å². The Balaban J connectivity index is 1.48. The Morgan fingerprint density at radius 1 is 1.30 bits per heavy atom. The zero-order valence-corrected chi connectivity index (χ0v) is 14.6. The summed E-state index contributed by atoms with van der Waals surface area (Å²) in [6, 6.07) is 8.59. The molecule has 1 aromatic rings. The van der Waals surface area contributed by atoms with Crippen LogP contribution in [0.1, 0.15) is 38.7 Å². The van der Waals surface area contributed by atoms with Crippen LogP contribution in [0, 0.1) is 0 Å². The van der Waals surface area contributed by atoms with Crippen molar-refractivity contribution < 1.29 is 9.59 Å². The van der Waals surface area contributed by atoms with Gasteiger partial charge in [-0.25, -0.2) is 0 Å². The highest BCUT2D eigenvalue weighted by Crippen LogP contribution is 2.30. The molecule has 2 fully saturated rings. The fourth-order valence-corrected chi connectivity index (χ4v) is 3.83. The first-order valence-corrected chi connectivity index (χ1v) is 9.23. The second-order valence-electron chi connectivity index (χ2n) is 6.73. The minimum Gasteiger partial charge on any atom is -0.351 e. The van der Waals surface area contributed by atoms with Gasteiger partial charge in [0, 0.05) is 29.2 Å². The van der Waals surface area contributed by atoms with Crippen LogP contribution in [0.5, 0.6) is 0 Å². The van der Waals surface area contributed by atoms with Crippen molar-refractivity contribution in [1.82, 2.24) is 10.2 Å². The standard InChI is InChI=1S/C18H24N2O2S/c1-12(2)23-16-7-3-13(4-8-16)9-17(21)19-14-10-18(22)20(11-14)15-5-6-15/h3-4,7-8,12,14-15H,5-6,9-11H2,1-2H3,(H,19,21)/t14-/m1/s1. The van der Waals surface area contributed by atoms with Crippen LogP contribution >= 0.6 is 11.8 Å². The Morgan fingerprint density at radius 2 is 2.00 bits per heavy atom. The molecule has 2 amide bonds. The van der Waals surface area contributed by atoms with Crippen LogP contribution in [0.3, 0.4) is 0 Å². The van der Waals surface area contributed by atoms with Gasteiger partial charge in [-0.1, -0.05) is 26.0 Å². The lowest BCUT2D eigenvalue weighted by atomic mass is 10.1. The SMILES string of the molecule is CC(C)Sc1ccc(CC(=O)N[C@@H]2CC(=O)N(C3CC3)C2)cc1. The fraction of sp³-hybridized carbons (Fsp3) is 0.556. The molecule has 0 spiro atoms. The van der Waals surface area contributed by atoms with Crippen molar-refractivity contribution in [2.45, 2.75) is 61.8 Å². The monoisotopic (exact) mass is 332 g/mol. The summed E-state index contributed by atoms with van der Waals surface area (Å²) in [6.07, 6.45) is 3.06. The molecule has 124 valence electrons. The van der Waals surface area contributed by atoms with Crippen molar-refractivity contribution in [2.75, 3.05) is 6.54 Å². The number of rotatable bonds is 6. The molecule has 2 aliphatic rings. The topological polar surface area (TPSA) is 49.4 Å². The van der Waals surface area contributed by atoms with Crippen molar-refractivity contribution in [3.05, 3.63) is 29.8 Å². The number of nitrogens with one attached hydrogen (secondary N) is 1. The van der Waals surface area contributed by atoms with Crippen molar-refractivity contribution in [1.29, 1.82) is 0 Å². The third kappa shape index (κ3) is 4.50. The largest absolute Gasteiger partial charge is 0.351 e. The van der Waals surface area contributed by atoms with E-state index in [0.717, 1.165) is 18.4 Å². The molecule has 1 heterocycles. The Bertz CT molecular complexity index is 581. The first-order valence-electron chi connectivity index (χ1n) is 8.35. The maximum Gasteiger partial charge on any atom is 0.225 e. The van der Waals surface area contributed by atoms with Gasteiger partial charge in [0.2, 0.25) is 11.8 Å². The number of carbonyl (C=O) groups excluding carboxylic acids is 2. The molecule has 4 nitrogen and oxygen atoms in total. The van der Waals surface area contributed by atoms with Crippen LogP contribution in [0.4, 0.5) is 0 Å². The molecule has 1 N–H and O–H groups in total. The predicted molar refractivity (Wildman–Crippen MR) is 92.4 cm³/mol. The van der Waals surface area contributed by atoms with Gasteiger partial charge >= 0.3 is 0 Å². The molecular formula is C18H24N2O2S. The number of nitrogens with zero attached hydrogens (tertiary/aromatic N) is 1. The number of likely N-dealkylation sites (tertiary alicyclic amines) is 1. The van der Waals surface area contributed by atoms with E-state index in [0.29, 0.717) is 30.7 Å². The molecule has 1 aliphatic carbocycles. The second-order valence-corrected chi connectivity index (χ2v) is 8.38. The van der Waals surface area contributed by atoms with Crippen LogP contribution in [-0.2, 0) is 16.0 Å². The summed E-state index contributed by atoms with van der Waals surface area (Å²) >= 11 is 1.82. The molecule has 1 aromatic carbocycles. The van der Waals surface area contributed by atoms with Gasteiger partial charge in [-0.2, -0.15) is 0 Å². The summed E-state index contributed by atoms with van der Waals surface area (Å²) in [5.74, 6) is 0.192. The maximum atomic E-state index is 12.2. The molecule has 1 aliphatic heterocycles. The number of thioether (sulfide) groups is 1. The lowest BCUT2D eigenvalue weighted by molar-refractivity contribution is -0.128. The zero-order valence-electron chi connectivity index (χ0n) is 13.7. The van der Waals surface area contributed by atoms with E-state index in [-0.39, 0.29) is 17.9 Å². The summed E-state index contributed by atoms with van der Waals surface area (Å²) < 4.78 is 0. The molecule has 0 unspecified atom stereocenters. The lowest BCUT2D eigenvalue weighted by Crippen LogP contribution is -2.38. The van der Waals surface area contributed by atoms with Gasteiger partial charge in [-0.05, 0) is 30.5 Å². The lowest BCUT2D eigenvalue weighted by Gasteiger charge is -2.16. The van der Waals surface area contributed by atoms with Crippen molar-refractivity contribution in [3.63, 3.8) is 0 Å². The summed E-state index contributed by atoms with van der Waals surface area (Å²) in [7, 11) is 0. The summed E-state index contributed by atoms with van der Waals surface area (Å²) in [6.45, 7) is 5.01. The van der Waals surface area contributed by atoms with Crippen molar-refractivity contribution in [2.24, 2.45) is 0 Å². The molecule has 1 saturated carbocycles. The molecule has 1 saturated heterocycles. The van der Waals surface area contributed by atoms with Gasteiger partial charge in [0.15, 0.2) is 0 Å². The minimum absolute atomic E-state index is 0.00436. The highest BCUT2D eigenvalue weighted by molar-refractivity contribution is 7.99. The molecule has 0 aromatic heterocycles.